The topological polar surface area (TPSA) is 74.9 Å². The van der Waals surface area contributed by atoms with Gasteiger partial charge in [0.15, 0.2) is 11.5 Å². The van der Waals surface area contributed by atoms with E-state index in [1.54, 1.807) is 4.90 Å². The number of fused-ring (bicyclic) bond motifs is 1. The molecule has 0 saturated carbocycles. The van der Waals surface area contributed by atoms with Crippen LogP contribution in [0.4, 0.5) is 4.79 Å². The van der Waals surface area contributed by atoms with Crippen molar-refractivity contribution in [1.82, 2.24) is 21.1 Å². The first-order valence-electron chi connectivity index (χ1n) is 7.66. The van der Waals surface area contributed by atoms with E-state index in [-0.39, 0.29) is 12.8 Å². The van der Waals surface area contributed by atoms with Crippen LogP contribution in [0.15, 0.2) is 18.2 Å². The summed E-state index contributed by atoms with van der Waals surface area (Å²) in [6, 6.07) is 6.03. The van der Waals surface area contributed by atoms with Crippen LogP contribution in [0.5, 0.6) is 11.5 Å². The minimum absolute atomic E-state index is 0.0473. The van der Waals surface area contributed by atoms with Crippen LogP contribution < -0.4 is 25.6 Å². The van der Waals surface area contributed by atoms with E-state index in [2.05, 4.69) is 16.2 Å². The lowest BCUT2D eigenvalue weighted by Gasteiger charge is -2.22. The molecule has 2 heterocycles. The van der Waals surface area contributed by atoms with Crippen molar-refractivity contribution in [2.75, 3.05) is 26.4 Å². The molecule has 0 spiro atoms. The standard InChI is InChI=1S/C15H22N4O3/c1-2-19(15(20)16-8-12-5-6-17-18-12)9-11-3-4-13-14(7-11)22-10-21-13/h3-4,7,12,17-18H,2,5-6,8-10H2,1H3,(H,16,20). The van der Waals surface area contributed by atoms with Crippen LogP contribution in [-0.4, -0.2) is 43.4 Å². The lowest BCUT2D eigenvalue weighted by Crippen LogP contribution is -2.45. The predicted molar refractivity (Wildman–Crippen MR) is 81.6 cm³/mol. The van der Waals surface area contributed by atoms with Crippen LogP contribution in [0.3, 0.4) is 0 Å². The first-order chi connectivity index (χ1) is 10.8. The molecule has 1 unspecified atom stereocenters. The van der Waals surface area contributed by atoms with Gasteiger partial charge in [-0.3, -0.25) is 10.9 Å². The van der Waals surface area contributed by atoms with Gasteiger partial charge in [-0.05, 0) is 31.0 Å². The van der Waals surface area contributed by atoms with E-state index in [4.69, 9.17) is 9.47 Å². The van der Waals surface area contributed by atoms with E-state index >= 15 is 0 Å². The number of hydrogen-bond acceptors (Lipinski definition) is 5. The fourth-order valence-corrected chi connectivity index (χ4v) is 2.60. The third kappa shape index (κ3) is 3.42. The van der Waals surface area contributed by atoms with Gasteiger partial charge in [0, 0.05) is 32.2 Å². The summed E-state index contributed by atoms with van der Waals surface area (Å²) in [5.74, 6) is 1.51. The molecule has 0 aromatic heterocycles. The number of rotatable bonds is 5. The molecule has 3 N–H and O–H groups in total. The fourth-order valence-electron chi connectivity index (χ4n) is 2.60. The van der Waals surface area contributed by atoms with Crippen molar-refractivity contribution >= 4 is 6.03 Å². The Morgan fingerprint density at radius 1 is 1.41 bits per heavy atom. The molecular weight excluding hydrogens is 284 g/mol. The Labute approximate surface area is 129 Å². The lowest BCUT2D eigenvalue weighted by atomic mass is 10.2. The number of nitrogens with zero attached hydrogens (tertiary/aromatic N) is 1. The highest BCUT2D eigenvalue weighted by Crippen LogP contribution is 2.32. The first kappa shape index (κ1) is 14.9. The van der Waals surface area contributed by atoms with Crippen molar-refractivity contribution in [1.29, 1.82) is 0 Å². The van der Waals surface area contributed by atoms with Crippen LogP contribution in [0, 0.1) is 0 Å². The van der Waals surface area contributed by atoms with Crippen molar-refractivity contribution in [3.63, 3.8) is 0 Å². The predicted octanol–water partition coefficient (Wildman–Crippen LogP) is 0.813. The SMILES string of the molecule is CCN(Cc1ccc2c(c1)OCO2)C(=O)NCC1CCNN1. The Morgan fingerprint density at radius 2 is 2.27 bits per heavy atom. The summed E-state index contributed by atoms with van der Waals surface area (Å²) in [4.78, 5) is 14.1. The normalized spacial score (nSPS) is 19.2. The zero-order chi connectivity index (χ0) is 15.4. The highest BCUT2D eigenvalue weighted by molar-refractivity contribution is 5.74. The van der Waals surface area contributed by atoms with Gasteiger partial charge in [-0.2, -0.15) is 0 Å². The Hall–Kier alpha value is -1.99. The van der Waals surface area contributed by atoms with Gasteiger partial charge in [0.1, 0.15) is 0 Å². The van der Waals surface area contributed by atoms with Gasteiger partial charge in [0.2, 0.25) is 6.79 Å². The van der Waals surface area contributed by atoms with Crippen LogP contribution in [0.25, 0.3) is 0 Å². The number of amides is 2. The summed E-state index contributed by atoms with van der Waals surface area (Å²) < 4.78 is 10.7. The molecule has 0 bridgehead atoms. The summed E-state index contributed by atoms with van der Waals surface area (Å²) in [6.45, 7) is 5.01. The van der Waals surface area contributed by atoms with Gasteiger partial charge >= 0.3 is 6.03 Å². The third-order valence-electron chi connectivity index (χ3n) is 3.90. The number of hydrazine groups is 1. The largest absolute Gasteiger partial charge is 0.454 e. The average Bonchev–Trinajstić information content (AvgIpc) is 3.20. The van der Waals surface area contributed by atoms with E-state index < -0.39 is 0 Å². The highest BCUT2D eigenvalue weighted by atomic mass is 16.7. The highest BCUT2D eigenvalue weighted by Gasteiger charge is 2.18. The number of urea groups is 1. The molecule has 120 valence electrons. The number of benzene rings is 1. The van der Waals surface area contributed by atoms with Crippen molar-refractivity contribution in [2.45, 2.75) is 25.9 Å². The average molecular weight is 306 g/mol. The minimum Gasteiger partial charge on any atom is -0.454 e. The molecule has 0 aliphatic carbocycles. The van der Waals surface area contributed by atoms with Crippen LogP contribution in [0.2, 0.25) is 0 Å². The van der Waals surface area contributed by atoms with Gasteiger partial charge in [0.25, 0.3) is 0 Å². The van der Waals surface area contributed by atoms with E-state index in [1.807, 2.05) is 25.1 Å². The minimum atomic E-state index is -0.0473. The van der Waals surface area contributed by atoms with E-state index in [1.165, 1.54) is 0 Å². The van der Waals surface area contributed by atoms with Gasteiger partial charge < -0.3 is 19.7 Å². The fraction of sp³-hybridized carbons (Fsp3) is 0.533. The molecular formula is C15H22N4O3. The van der Waals surface area contributed by atoms with Gasteiger partial charge in [-0.25, -0.2) is 4.79 Å². The van der Waals surface area contributed by atoms with Gasteiger partial charge in [-0.15, -0.1) is 0 Å². The molecule has 1 fully saturated rings. The molecule has 1 aromatic carbocycles. The number of carbonyl (C=O) groups is 1. The van der Waals surface area contributed by atoms with Crippen molar-refractivity contribution in [3.8, 4) is 11.5 Å². The molecule has 2 aliphatic heterocycles. The van der Waals surface area contributed by atoms with E-state index in [0.717, 1.165) is 30.0 Å². The molecule has 1 atom stereocenters. The molecule has 2 amide bonds. The van der Waals surface area contributed by atoms with Crippen molar-refractivity contribution in [3.05, 3.63) is 23.8 Å². The maximum Gasteiger partial charge on any atom is 0.317 e. The summed E-state index contributed by atoms with van der Waals surface area (Å²) in [6.07, 6.45) is 1.02. The number of carbonyl (C=O) groups excluding carboxylic acids is 1. The Morgan fingerprint density at radius 3 is 3.05 bits per heavy atom. The van der Waals surface area contributed by atoms with Crippen molar-refractivity contribution in [2.24, 2.45) is 0 Å². The van der Waals surface area contributed by atoms with E-state index in [0.29, 0.717) is 25.7 Å². The molecule has 1 saturated heterocycles. The quantitative estimate of drug-likeness (QED) is 0.751. The molecule has 7 heteroatoms. The monoisotopic (exact) mass is 306 g/mol. The molecule has 2 aliphatic rings. The van der Waals surface area contributed by atoms with Crippen LogP contribution >= 0.6 is 0 Å². The molecule has 1 aromatic rings. The van der Waals surface area contributed by atoms with Gasteiger partial charge in [-0.1, -0.05) is 6.07 Å². The molecule has 3 rings (SSSR count). The van der Waals surface area contributed by atoms with Gasteiger partial charge in [0.05, 0.1) is 0 Å². The van der Waals surface area contributed by atoms with Crippen LogP contribution in [0.1, 0.15) is 18.9 Å². The van der Waals surface area contributed by atoms with Crippen LogP contribution in [-0.2, 0) is 6.54 Å². The Balaban J connectivity index is 1.55. The Bertz CT molecular complexity index is 532. The maximum atomic E-state index is 12.3. The number of nitrogens with one attached hydrogen (secondary N) is 3. The lowest BCUT2D eigenvalue weighted by molar-refractivity contribution is 0.173. The molecule has 22 heavy (non-hydrogen) atoms. The second-order valence-corrected chi connectivity index (χ2v) is 5.44. The second kappa shape index (κ2) is 6.85. The van der Waals surface area contributed by atoms with Crippen molar-refractivity contribution < 1.29 is 14.3 Å². The molecule has 7 nitrogen and oxygen atoms in total. The summed E-state index contributed by atoms with van der Waals surface area (Å²) in [7, 11) is 0. The zero-order valence-corrected chi connectivity index (χ0v) is 12.7. The summed E-state index contributed by atoms with van der Waals surface area (Å²) in [5.41, 5.74) is 7.23. The summed E-state index contributed by atoms with van der Waals surface area (Å²) >= 11 is 0. The molecule has 0 radical (unpaired) electrons. The summed E-state index contributed by atoms with van der Waals surface area (Å²) in [5, 5.41) is 2.98. The smallest absolute Gasteiger partial charge is 0.317 e. The number of ether oxygens (including phenoxy) is 2. The second-order valence-electron chi connectivity index (χ2n) is 5.44. The first-order valence-corrected chi connectivity index (χ1v) is 7.66. The van der Waals surface area contributed by atoms with E-state index in [9.17, 15) is 4.79 Å². The maximum absolute atomic E-state index is 12.3. The number of hydrogen-bond donors (Lipinski definition) is 3. The Kier molecular flexibility index (Phi) is 4.65. The third-order valence-corrected chi connectivity index (χ3v) is 3.90. The zero-order valence-electron chi connectivity index (χ0n) is 12.7.